The summed E-state index contributed by atoms with van der Waals surface area (Å²) in [6, 6.07) is 6.03. The Balaban J connectivity index is 0.00000450. The Morgan fingerprint density at radius 2 is 1.87 bits per heavy atom. The zero-order valence-electron chi connectivity index (χ0n) is 17.8. The molecule has 0 saturated carbocycles. The Labute approximate surface area is 192 Å². The molecule has 1 aromatic heterocycles. The number of aryl methyl sites for hydroxylation is 2. The lowest BCUT2D eigenvalue weighted by Crippen LogP contribution is -2.43. The van der Waals surface area contributed by atoms with Crippen LogP contribution in [0.2, 0.25) is 0 Å². The van der Waals surface area contributed by atoms with E-state index in [1.165, 1.54) is 17.7 Å². The van der Waals surface area contributed by atoms with Crippen LogP contribution in [0.5, 0.6) is 5.75 Å². The van der Waals surface area contributed by atoms with Crippen LogP contribution in [-0.2, 0) is 19.9 Å². The number of benzene rings is 1. The van der Waals surface area contributed by atoms with Crippen LogP contribution >= 0.6 is 24.0 Å². The molecule has 1 aromatic carbocycles. The minimum Gasteiger partial charge on any atom is -0.406 e. The van der Waals surface area contributed by atoms with Gasteiger partial charge < -0.3 is 15.4 Å². The fourth-order valence-electron chi connectivity index (χ4n) is 3.08. The van der Waals surface area contributed by atoms with Crippen molar-refractivity contribution in [3.63, 3.8) is 0 Å². The molecule has 168 valence electrons. The molecule has 0 aliphatic rings. The summed E-state index contributed by atoms with van der Waals surface area (Å²) in [6.07, 6.45) is -3.21. The molecule has 1 unspecified atom stereocenters. The van der Waals surface area contributed by atoms with Gasteiger partial charge in [-0.05, 0) is 56.9 Å². The smallest absolute Gasteiger partial charge is 0.406 e. The molecule has 0 radical (unpaired) electrons. The summed E-state index contributed by atoms with van der Waals surface area (Å²) < 4.78 is 42.4. The zero-order chi connectivity index (χ0) is 21.6. The third-order valence-electron chi connectivity index (χ3n) is 4.64. The molecule has 0 amide bonds. The van der Waals surface area contributed by atoms with E-state index in [9.17, 15) is 13.2 Å². The van der Waals surface area contributed by atoms with Crippen LogP contribution in [0.15, 0.2) is 29.3 Å². The van der Waals surface area contributed by atoms with Crippen LogP contribution in [0.4, 0.5) is 13.2 Å². The molecule has 0 saturated heterocycles. The first-order valence-electron chi connectivity index (χ1n) is 9.40. The summed E-state index contributed by atoms with van der Waals surface area (Å²) in [5.74, 6) is 0.454. The monoisotopic (exact) mass is 539 g/mol. The Bertz CT molecular complexity index is 834. The Morgan fingerprint density at radius 1 is 1.23 bits per heavy atom. The Kier molecular flexibility index (Phi) is 9.92. The molecule has 30 heavy (non-hydrogen) atoms. The molecule has 0 aliphatic heterocycles. The molecule has 0 spiro atoms. The van der Waals surface area contributed by atoms with Gasteiger partial charge >= 0.3 is 6.36 Å². The number of guanidine groups is 1. The van der Waals surface area contributed by atoms with E-state index >= 15 is 0 Å². The first-order valence-corrected chi connectivity index (χ1v) is 9.40. The second-order valence-corrected chi connectivity index (χ2v) is 6.96. The largest absolute Gasteiger partial charge is 0.573 e. The number of rotatable bonds is 7. The van der Waals surface area contributed by atoms with Crippen molar-refractivity contribution in [3.8, 4) is 5.75 Å². The highest BCUT2D eigenvalue weighted by molar-refractivity contribution is 14.0. The van der Waals surface area contributed by atoms with Crippen molar-refractivity contribution >= 4 is 29.9 Å². The van der Waals surface area contributed by atoms with Crippen molar-refractivity contribution in [2.24, 2.45) is 12.0 Å². The van der Waals surface area contributed by atoms with Gasteiger partial charge in [0.1, 0.15) is 5.75 Å². The predicted octanol–water partition coefficient (Wildman–Crippen LogP) is 3.89. The average molecular weight is 539 g/mol. The first-order chi connectivity index (χ1) is 13.6. The van der Waals surface area contributed by atoms with Gasteiger partial charge in [0.25, 0.3) is 0 Å². The molecule has 0 aliphatic carbocycles. The van der Waals surface area contributed by atoms with Gasteiger partial charge in [-0.15, -0.1) is 37.1 Å². The lowest BCUT2D eigenvalue weighted by atomic mass is 10.1. The van der Waals surface area contributed by atoms with E-state index < -0.39 is 6.36 Å². The van der Waals surface area contributed by atoms with Gasteiger partial charge in [-0.3, -0.25) is 9.67 Å². The van der Waals surface area contributed by atoms with Gasteiger partial charge in [-0.1, -0.05) is 12.1 Å². The molecule has 1 heterocycles. The quantitative estimate of drug-likeness (QED) is 0.319. The van der Waals surface area contributed by atoms with Gasteiger partial charge in [0.15, 0.2) is 5.96 Å². The molecule has 6 nitrogen and oxygen atoms in total. The topological polar surface area (TPSA) is 63.5 Å². The summed E-state index contributed by atoms with van der Waals surface area (Å²) in [5.41, 5.74) is 4.30. The van der Waals surface area contributed by atoms with E-state index in [-0.39, 0.29) is 35.8 Å². The third kappa shape index (κ3) is 8.04. The molecule has 0 fully saturated rings. The summed E-state index contributed by atoms with van der Waals surface area (Å²) in [5, 5.41) is 11.0. The number of nitrogens with one attached hydrogen (secondary N) is 2. The maximum absolute atomic E-state index is 12.2. The third-order valence-corrected chi connectivity index (χ3v) is 4.64. The predicted molar refractivity (Wildman–Crippen MR) is 123 cm³/mol. The number of halogens is 4. The van der Waals surface area contributed by atoms with E-state index in [0.29, 0.717) is 18.9 Å². The molecule has 2 N–H and O–H groups in total. The number of aromatic nitrogens is 2. The van der Waals surface area contributed by atoms with Crippen LogP contribution in [0, 0.1) is 13.8 Å². The van der Waals surface area contributed by atoms with Crippen molar-refractivity contribution in [2.75, 3.05) is 13.6 Å². The van der Waals surface area contributed by atoms with Gasteiger partial charge in [0.2, 0.25) is 0 Å². The van der Waals surface area contributed by atoms with Gasteiger partial charge in [0.05, 0.1) is 5.69 Å². The second-order valence-electron chi connectivity index (χ2n) is 6.96. The number of hydrogen-bond acceptors (Lipinski definition) is 3. The molecule has 1 atom stereocenters. The van der Waals surface area contributed by atoms with Crippen LogP contribution in [0.1, 0.15) is 29.4 Å². The lowest BCUT2D eigenvalue weighted by molar-refractivity contribution is -0.274. The average Bonchev–Trinajstić information content (AvgIpc) is 2.87. The van der Waals surface area contributed by atoms with Crippen molar-refractivity contribution < 1.29 is 17.9 Å². The zero-order valence-corrected chi connectivity index (χ0v) is 20.1. The molecular weight excluding hydrogens is 510 g/mol. The van der Waals surface area contributed by atoms with Crippen LogP contribution < -0.4 is 15.4 Å². The Morgan fingerprint density at radius 3 is 2.37 bits per heavy atom. The van der Waals surface area contributed by atoms with Crippen molar-refractivity contribution in [1.29, 1.82) is 0 Å². The normalized spacial score (nSPS) is 12.9. The SMILES string of the molecule is CN=C(NCCc1ccc(OC(F)(F)F)cc1)NC(C)Cc1c(C)nn(C)c1C.I. The van der Waals surface area contributed by atoms with E-state index in [0.717, 1.165) is 23.4 Å². The maximum atomic E-state index is 12.2. The van der Waals surface area contributed by atoms with Gasteiger partial charge in [-0.25, -0.2) is 0 Å². The molecule has 2 aromatic rings. The number of aliphatic imine (C=N–C) groups is 1. The van der Waals surface area contributed by atoms with E-state index in [1.54, 1.807) is 19.2 Å². The van der Waals surface area contributed by atoms with E-state index in [1.807, 2.05) is 18.7 Å². The van der Waals surface area contributed by atoms with Crippen molar-refractivity contribution in [2.45, 2.75) is 46.0 Å². The highest BCUT2D eigenvalue weighted by atomic mass is 127. The first kappa shape index (κ1) is 26.1. The Hall–Kier alpha value is -1.98. The van der Waals surface area contributed by atoms with Crippen molar-refractivity contribution in [3.05, 3.63) is 46.8 Å². The molecular formula is C20H29F3IN5O. The second kappa shape index (κ2) is 11.4. The molecule has 2 rings (SSSR count). The lowest BCUT2D eigenvalue weighted by Gasteiger charge is -2.18. The van der Waals surface area contributed by atoms with Crippen molar-refractivity contribution in [1.82, 2.24) is 20.4 Å². The van der Waals surface area contributed by atoms with E-state index in [4.69, 9.17) is 0 Å². The number of nitrogens with zero attached hydrogens (tertiary/aromatic N) is 3. The van der Waals surface area contributed by atoms with Gasteiger partial charge in [-0.2, -0.15) is 5.10 Å². The summed E-state index contributed by atoms with van der Waals surface area (Å²) in [7, 11) is 3.64. The maximum Gasteiger partial charge on any atom is 0.573 e. The molecule has 0 bridgehead atoms. The van der Waals surface area contributed by atoms with E-state index in [2.05, 4.69) is 39.3 Å². The summed E-state index contributed by atoms with van der Waals surface area (Å²) in [4.78, 5) is 4.23. The summed E-state index contributed by atoms with van der Waals surface area (Å²) in [6.45, 7) is 6.74. The fraction of sp³-hybridized carbons (Fsp3) is 0.500. The minimum absolute atomic E-state index is 0. The highest BCUT2D eigenvalue weighted by Gasteiger charge is 2.30. The summed E-state index contributed by atoms with van der Waals surface area (Å²) >= 11 is 0. The number of ether oxygens (including phenoxy) is 1. The minimum atomic E-state index is -4.68. The van der Waals surface area contributed by atoms with Crippen LogP contribution in [-0.4, -0.2) is 41.7 Å². The van der Waals surface area contributed by atoms with Crippen LogP contribution in [0.25, 0.3) is 0 Å². The number of alkyl halides is 3. The van der Waals surface area contributed by atoms with Crippen LogP contribution in [0.3, 0.4) is 0 Å². The van der Waals surface area contributed by atoms with Gasteiger partial charge in [0, 0.05) is 32.4 Å². The highest BCUT2D eigenvalue weighted by Crippen LogP contribution is 2.22. The molecule has 10 heteroatoms. The standard InChI is InChI=1S/C20H28F3N5O.HI/c1-13(12-18-14(2)27-28(5)15(18)3)26-19(24-4)25-11-10-16-6-8-17(9-7-16)29-20(21,22)23;/h6-9,13H,10-12H2,1-5H3,(H2,24,25,26);1H. The number of hydrogen-bond donors (Lipinski definition) is 2. The fourth-order valence-corrected chi connectivity index (χ4v) is 3.08.